The Labute approximate surface area is 136 Å². The molecule has 1 amide bonds. The molecule has 0 aromatic heterocycles. The quantitative estimate of drug-likeness (QED) is 0.827. The van der Waals surface area contributed by atoms with Gasteiger partial charge in [-0.15, -0.1) is 0 Å². The minimum atomic E-state index is 0.0854. The molecule has 3 aliphatic heterocycles. The Hall–Kier alpha value is -1.85. The van der Waals surface area contributed by atoms with Crippen LogP contribution in [0, 0.1) is 0 Å². The second-order valence-electron chi connectivity index (χ2n) is 6.57. The number of amides is 1. The maximum absolute atomic E-state index is 11.8. The molecule has 0 saturated carbocycles. The van der Waals surface area contributed by atoms with Crippen molar-refractivity contribution < 1.29 is 14.3 Å². The molecule has 2 saturated heterocycles. The Kier molecular flexibility index (Phi) is 3.83. The summed E-state index contributed by atoms with van der Waals surface area (Å²) in [4.78, 5) is 16.1. The first kappa shape index (κ1) is 14.7. The van der Waals surface area contributed by atoms with E-state index in [1.807, 2.05) is 30.1 Å². The molecule has 0 unspecified atom stereocenters. The van der Waals surface area contributed by atoms with Crippen molar-refractivity contribution in [3.63, 3.8) is 0 Å². The average molecular weight is 314 g/mol. The van der Waals surface area contributed by atoms with Crippen LogP contribution in [0.4, 0.5) is 0 Å². The molecule has 0 bridgehead atoms. The SMILES string of the molecule is CN1C(=O)CO[C@H]2CCN(CC3=Cc4ccccc4OC3)C[C@@H]21. The lowest BCUT2D eigenvalue weighted by Crippen LogP contribution is -2.60. The van der Waals surface area contributed by atoms with E-state index < -0.39 is 0 Å². The summed E-state index contributed by atoms with van der Waals surface area (Å²) >= 11 is 0. The fourth-order valence-corrected chi connectivity index (χ4v) is 3.69. The number of piperidine rings is 1. The van der Waals surface area contributed by atoms with Gasteiger partial charge in [-0.1, -0.05) is 18.2 Å². The number of nitrogens with zero attached hydrogens (tertiary/aromatic N) is 2. The number of likely N-dealkylation sites (N-methyl/N-ethyl adjacent to an activating group) is 1. The number of rotatable bonds is 2. The van der Waals surface area contributed by atoms with Crippen molar-refractivity contribution in [2.24, 2.45) is 0 Å². The molecule has 122 valence electrons. The highest BCUT2D eigenvalue weighted by Crippen LogP contribution is 2.27. The van der Waals surface area contributed by atoms with Crippen LogP contribution in [0.1, 0.15) is 12.0 Å². The highest BCUT2D eigenvalue weighted by Gasteiger charge is 2.38. The molecule has 5 heteroatoms. The number of para-hydroxylation sites is 1. The molecule has 4 rings (SSSR count). The molecule has 0 N–H and O–H groups in total. The lowest BCUT2D eigenvalue weighted by Gasteiger charge is -2.45. The minimum absolute atomic E-state index is 0.0854. The van der Waals surface area contributed by atoms with Crippen molar-refractivity contribution in [2.75, 3.05) is 39.9 Å². The van der Waals surface area contributed by atoms with Gasteiger partial charge in [-0.05, 0) is 24.1 Å². The maximum atomic E-state index is 11.8. The van der Waals surface area contributed by atoms with Crippen molar-refractivity contribution >= 4 is 12.0 Å². The summed E-state index contributed by atoms with van der Waals surface area (Å²) < 4.78 is 11.5. The van der Waals surface area contributed by atoms with Crippen molar-refractivity contribution in [3.8, 4) is 5.75 Å². The molecule has 23 heavy (non-hydrogen) atoms. The molecule has 3 heterocycles. The number of hydrogen-bond acceptors (Lipinski definition) is 4. The van der Waals surface area contributed by atoms with Gasteiger partial charge in [0, 0.05) is 32.2 Å². The number of ether oxygens (including phenoxy) is 2. The van der Waals surface area contributed by atoms with E-state index in [2.05, 4.69) is 17.0 Å². The lowest BCUT2D eigenvalue weighted by atomic mass is 9.98. The fraction of sp³-hybridized carbons (Fsp3) is 0.500. The van der Waals surface area contributed by atoms with Gasteiger partial charge in [0.2, 0.25) is 5.91 Å². The van der Waals surface area contributed by atoms with Crippen LogP contribution in [0.15, 0.2) is 29.8 Å². The minimum Gasteiger partial charge on any atom is -0.489 e. The number of carbonyl (C=O) groups excluding carboxylic acids is 1. The summed E-state index contributed by atoms with van der Waals surface area (Å²) in [6, 6.07) is 8.30. The zero-order valence-corrected chi connectivity index (χ0v) is 13.4. The summed E-state index contributed by atoms with van der Waals surface area (Å²) in [5.41, 5.74) is 2.43. The van der Waals surface area contributed by atoms with E-state index in [9.17, 15) is 4.79 Å². The molecular formula is C18H22N2O3. The Morgan fingerprint density at radius 2 is 2.13 bits per heavy atom. The van der Waals surface area contributed by atoms with Crippen LogP contribution in [0.3, 0.4) is 0 Å². The molecular weight excluding hydrogens is 292 g/mol. The Morgan fingerprint density at radius 3 is 3.04 bits per heavy atom. The zero-order valence-electron chi connectivity index (χ0n) is 13.4. The van der Waals surface area contributed by atoms with Crippen LogP contribution in [0.25, 0.3) is 6.08 Å². The van der Waals surface area contributed by atoms with E-state index in [0.717, 1.165) is 37.4 Å². The number of morpholine rings is 1. The van der Waals surface area contributed by atoms with Crippen LogP contribution in [0.5, 0.6) is 5.75 Å². The molecule has 1 aromatic rings. The lowest BCUT2D eigenvalue weighted by molar-refractivity contribution is -0.160. The summed E-state index contributed by atoms with van der Waals surface area (Å²) in [7, 11) is 1.89. The van der Waals surface area contributed by atoms with Gasteiger partial charge in [-0.25, -0.2) is 0 Å². The molecule has 3 aliphatic rings. The smallest absolute Gasteiger partial charge is 0.248 e. The zero-order chi connectivity index (χ0) is 15.8. The third-order valence-electron chi connectivity index (χ3n) is 5.03. The summed E-state index contributed by atoms with van der Waals surface area (Å²) in [6.45, 7) is 3.63. The first-order valence-electron chi connectivity index (χ1n) is 8.21. The first-order chi connectivity index (χ1) is 11.2. The van der Waals surface area contributed by atoms with Crippen LogP contribution in [-0.4, -0.2) is 67.7 Å². The predicted molar refractivity (Wildman–Crippen MR) is 87.3 cm³/mol. The molecule has 0 radical (unpaired) electrons. The van der Waals surface area contributed by atoms with E-state index in [0.29, 0.717) is 6.61 Å². The molecule has 1 aromatic carbocycles. The van der Waals surface area contributed by atoms with Crippen molar-refractivity contribution in [1.29, 1.82) is 0 Å². The predicted octanol–water partition coefficient (Wildman–Crippen LogP) is 1.39. The van der Waals surface area contributed by atoms with Crippen molar-refractivity contribution in [2.45, 2.75) is 18.6 Å². The number of hydrogen-bond donors (Lipinski definition) is 0. The Bertz CT molecular complexity index is 643. The van der Waals surface area contributed by atoms with Crippen LogP contribution >= 0.6 is 0 Å². The Morgan fingerprint density at radius 1 is 1.26 bits per heavy atom. The van der Waals surface area contributed by atoms with Crippen LogP contribution < -0.4 is 4.74 Å². The van der Waals surface area contributed by atoms with E-state index in [-0.39, 0.29) is 24.7 Å². The van der Waals surface area contributed by atoms with E-state index >= 15 is 0 Å². The molecule has 0 spiro atoms. The van der Waals surface area contributed by atoms with Gasteiger partial charge < -0.3 is 14.4 Å². The second kappa shape index (κ2) is 5.98. The highest BCUT2D eigenvalue weighted by atomic mass is 16.5. The maximum Gasteiger partial charge on any atom is 0.248 e. The molecule has 2 fully saturated rings. The number of benzene rings is 1. The number of likely N-dealkylation sites (tertiary alicyclic amines) is 1. The van der Waals surface area contributed by atoms with Crippen LogP contribution in [0.2, 0.25) is 0 Å². The van der Waals surface area contributed by atoms with Gasteiger partial charge in [0.25, 0.3) is 0 Å². The van der Waals surface area contributed by atoms with Gasteiger partial charge in [0.15, 0.2) is 0 Å². The highest BCUT2D eigenvalue weighted by molar-refractivity contribution is 5.78. The largest absolute Gasteiger partial charge is 0.489 e. The summed E-state index contributed by atoms with van der Waals surface area (Å²) in [5, 5.41) is 0. The summed E-state index contributed by atoms with van der Waals surface area (Å²) in [5.74, 6) is 1.04. The van der Waals surface area contributed by atoms with Gasteiger partial charge >= 0.3 is 0 Å². The van der Waals surface area contributed by atoms with Gasteiger partial charge in [-0.3, -0.25) is 9.69 Å². The normalized spacial score (nSPS) is 27.8. The molecule has 2 atom stereocenters. The third-order valence-corrected chi connectivity index (χ3v) is 5.03. The fourth-order valence-electron chi connectivity index (χ4n) is 3.69. The van der Waals surface area contributed by atoms with Crippen LogP contribution in [-0.2, 0) is 9.53 Å². The molecule has 0 aliphatic carbocycles. The van der Waals surface area contributed by atoms with Gasteiger partial charge in [-0.2, -0.15) is 0 Å². The number of fused-ring (bicyclic) bond motifs is 2. The topological polar surface area (TPSA) is 42.0 Å². The van der Waals surface area contributed by atoms with Crippen molar-refractivity contribution in [1.82, 2.24) is 9.80 Å². The van der Waals surface area contributed by atoms with E-state index in [1.165, 1.54) is 5.57 Å². The first-order valence-corrected chi connectivity index (χ1v) is 8.21. The second-order valence-corrected chi connectivity index (χ2v) is 6.57. The standard InChI is InChI=1S/C18H22N2O3/c1-19-15-10-20(7-6-17(15)23-12-18(19)21)9-13-8-14-4-2-3-5-16(14)22-11-13/h2-5,8,15,17H,6-7,9-12H2,1H3/t15-,17-/m0/s1. The molecule has 5 nitrogen and oxygen atoms in total. The van der Waals surface area contributed by atoms with Crippen molar-refractivity contribution in [3.05, 3.63) is 35.4 Å². The monoisotopic (exact) mass is 314 g/mol. The van der Waals surface area contributed by atoms with E-state index in [4.69, 9.17) is 9.47 Å². The summed E-state index contributed by atoms with van der Waals surface area (Å²) in [6.07, 6.45) is 3.40. The van der Waals surface area contributed by atoms with Gasteiger partial charge in [0.1, 0.15) is 19.0 Å². The van der Waals surface area contributed by atoms with Gasteiger partial charge in [0.05, 0.1) is 12.1 Å². The van der Waals surface area contributed by atoms with E-state index in [1.54, 1.807) is 0 Å². The Balaban J connectivity index is 1.44. The third kappa shape index (κ3) is 2.86. The average Bonchev–Trinajstić information content (AvgIpc) is 2.58. The number of carbonyl (C=O) groups is 1.